The van der Waals surface area contributed by atoms with Crippen molar-refractivity contribution < 1.29 is 19.1 Å². The molecule has 5 nitrogen and oxygen atoms in total. The maximum atomic E-state index is 10.3. The molecule has 0 saturated carbocycles. The lowest BCUT2D eigenvalue weighted by Crippen LogP contribution is -1.98. The summed E-state index contributed by atoms with van der Waals surface area (Å²) in [5.41, 5.74) is 0. The first-order valence-electron chi connectivity index (χ1n) is 2.54. The highest BCUT2D eigenvalue weighted by molar-refractivity contribution is 5.91. The predicted molar refractivity (Wildman–Crippen MR) is 38.2 cm³/mol. The summed E-state index contributed by atoms with van der Waals surface area (Å²) >= 11 is 0. The van der Waals surface area contributed by atoms with Gasteiger partial charge in [-0.15, -0.1) is 0 Å². The molecule has 0 aliphatic carbocycles. The fourth-order valence-electron chi connectivity index (χ4n) is 0.272. The van der Waals surface area contributed by atoms with Crippen molar-refractivity contribution in [3.8, 4) is 0 Å². The van der Waals surface area contributed by atoms with Crippen molar-refractivity contribution in [2.45, 2.75) is 0 Å². The van der Waals surface area contributed by atoms with Gasteiger partial charge in [0.05, 0.1) is 14.2 Å². The average molecular weight is 161 g/mol. The molecule has 0 aromatic carbocycles. The van der Waals surface area contributed by atoms with Gasteiger partial charge in [0.25, 0.3) is 0 Å². The molecule has 5 heteroatoms. The van der Waals surface area contributed by atoms with Crippen LogP contribution in [0.5, 0.6) is 0 Å². The van der Waals surface area contributed by atoms with Gasteiger partial charge in [-0.1, -0.05) is 0 Å². The average Bonchev–Trinajstić information content (AvgIpc) is 1.99. The molecule has 0 amide bonds. The minimum absolute atomic E-state index is 0. The Bertz CT molecular complexity index is 146. The normalized spacial score (nSPS) is 8.55. The molecule has 0 saturated heterocycles. The molecule has 0 aliphatic heterocycles. The minimum atomic E-state index is -0.578. The third-order valence-corrected chi connectivity index (χ3v) is 0.758. The van der Waals surface area contributed by atoms with Crippen LogP contribution in [0, 0.1) is 0 Å². The lowest BCUT2D eigenvalue weighted by atomic mass is 10.5. The third kappa shape index (κ3) is 6.53. The van der Waals surface area contributed by atoms with Crippen LogP contribution in [0.15, 0.2) is 12.2 Å². The van der Waals surface area contributed by atoms with Gasteiger partial charge in [0.2, 0.25) is 0 Å². The van der Waals surface area contributed by atoms with Gasteiger partial charge in [0.15, 0.2) is 0 Å². The van der Waals surface area contributed by atoms with Crippen LogP contribution in [0.3, 0.4) is 0 Å². The van der Waals surface area contributed by atoms with E-state index in [9.17, 15) is 9.59 Å². The summed E-state index contributed by atoms with van der Waals surface area (Å²) in [4.78, 5) is 20.6. The Morgan fingerprint density at radius 1 is 1.00 bits per heavy atom. The summed E-state index contributed by atoms with van der Waals surface area (Å²) in [6, 6.07) is 0. The zero-order valence-corrected chi connectivity index (χ0v) is 6.49. The van der Waals surface area contributed by atoms with Crippen molar-refractivity contribution in [1.29, 1.82) is 0 Å². The van der Waals surface area contributed by atoms with Gasteiger partial charge in [-0.3, -0.25) is 0 Å². The Morgan fingerprint density at radius 3 is 1.45 bits per heavy atom. The molecular formula is C6H11NO4. The summed E-state index contributed by atoms with van der Waals surface area (Å²) in [5.74, 6) is -1.16. The van der Waals surface area contributed by atoms with Crippen molar-refractivity contribution in [3.05, 3.63) is 12.2 Å². The quantitative estimate of drug-likeness (QED) is 0.456. The Hall–Kier alpha value is -1.36. The number of hydrogen-bond donors (Lipinski definition) is 1. The van der Waals surface area contributed by atoms with Crippen molar-refractivity contribution in [3.63, 3.8) is 0 Å². The van der Waals surface area contributed by atoms with E-state index in [1.165, 1.54) is 14.2 Å². The molecule has 0 aromatic heterocycles. The maximum Gasteiger partial charge on any atom is 0.330 e. The van der Waals surface area contributed by atoms with E-state index >= 15 is 0 Å². The molecule has 0 radical (unpaired) electrons. The Morgan fingerprint density at radius 2 is 1.27 bits per heavy atom. The number of ether oxygens (including phenoxy) is 2. The van der Waals surface area contributed by atoms with Gasteiger partial charge < -0.3 is 15.6 Å². The molecule has 0 fully saturated rings. The smallest absolute Gasteiger partial charge is 0.330 e. The number of methoxy groups -OCH3 is 2. The van der Waals surface area contributed by atoms with Crippen LogP contribution in [0.2, 0.25) is 0 Å². The van der Waals surface area contributed by atoms with Crippen molar-refractivity contribution in [2.75, 3.05) is 14.2 Å². The minimum Gasteiger partial charge on any atom is -0.466 e. The summed E-state index contributed by atoms with van der Waals surface area (Å²) in [5, 5.41) is 0. The third-order valence-electron chi connectivity index (χ3n) is 0.758. The number of esters is 2. The second kappa shape index (κ2) is 6.76. The lowest BCUT2D eigenvalue weighted by molar-refractivity contribution is -0.137. The van der Waals surface area contributed by atoms with Gasteiger partial charge >= 0.3 is 11.9 Å². The largest absolute Gasteiger partial charge is 0.466 e. The van der Waals surface area contributed by atoms with Crippen LogP contribution >= 0.6 is 0 Å². The fourth-order valence-corrected chi connectivity index (χ4v) is 0.272. The van der Waals surface area contributed by atoms with E-state index in [0.29, 0.717) is 0 Å². The van der Waals surface area contributed by atoms with Crippen LogP contribution in [0.1, 0.15) is 0 Å². The molecule has 0 atom stereocenters. The highest BCUT2D eigenvalue weighted by Gasteiger charge is 1.94. The Balaban J connectivity index is 0. The molecule has 3 N–H and O–H groups in total. The zero-order chi connectivity index (χ0) is 7.98. The van der Waals surface area contributed by atoms with Crippen molar-refractivity contribution >= 4 is 11.9 Å². The van der Waals surface area contributed by atoms with Gasteiger partial charge in [-0.2, -0.15) is 0 Å². The molecule has 0 aliphatic rings. The van der Waals surface area contributed by atoms with E-state index in [2.05, 4.69) is 9.47 Å². The van der Waals surface area contributed by atoms with Crippen LogP contribution in [-0.4, -0.2) is 26.2 Å². The van der Waals surface area contributed by atoms with Crippen LogP contribution < -0.4 is 6.15 Å². The Labute approximate surface area is 64.6 Å². The highest BCUT2D eigenvalue weighted by Crippen LogP contribution is 1.80. The SMILES string of the molecule is COC(=O)/C=C/C(=O)OC.N. The van der Waals surface area contributed by atoms with Gasteiger partial charge in [0.1, 0.15) is 0 Å². The van der Waals surface area contributed by atoms with E-state index < -0.39 is 11.9 Å². The summed E-state index contributed by atoms with van der Waals surface area (Å²) < 4.78 is 8.42. The van der Waals surface area contributed by atoms with Crippen LogP contribution in [0.4, 0.5) is 0 Å². The molecule has 64 valence electrons. The summed E-state index contributed by atoms with van der Waals surface area (Å²) in [7, 11) is 2.45. The second-order valence-corrected chi connectivity index (χ2v) is 1.38. The molecule has 0 spiro atoms. The maximum absolute atomic E-state index is 10.3. The van der Waals surface area contributed by atoms with Crippen molar-refractivity contribution in [1.82, 2.24) is 6.15 Å². The van der Waals surface area contributed by atoms with E-state index in [1.807, 2.05) is 0 Å². The van der Waals surface area contributed by atoms with E-state index in [0.717, 1.165) is 12.2 Å². The van der Waals surface area contributed by atoms with Gasteiger partial charge in [0, 0.05) is 12.2 Å². The summed E-state index contributed by atoms with van der Waals surface area (Å²) in [6.07, 6.45) is 1.98. The number of rotatable bonds is 2. The number of hydrogen-bond acceptors (Lipinski definition) is 5. The lowest BCUT2D eigenvalue weighted by Gasteiger charge is -1.89. The molecule has 0 heterocycles. The zero-order valence-electron chi connectivity index (χ0n) is 6.49. The molecule has 11 heavy (non-hydrogen) atoms. The molecule has 0 bridgehead atoms. The first-order valence-corrected chi connectivity index (χ1v) is 2.54. The fraction of sp³-hybridized carbons (Fsp3) is 0.333. The molecular weight excluding hydrogens is 150 g/mol. The van der Waals surface area contributed by atoms with Gasteiger partial charge in [-0.25, -0.2) is 9.59 Å². The standard InChI is InChI=1S/C6H8O4.H3N/c1-9-5(7)3-4-6(8)10-2;/h3-4H,1-2H3;1H3/b4-3+;. The molecule has 0 aromatic rings. The number of carbonyl (C=O) groups excluding carboxylic acids is 2. The first kappa shape index (κ1) is 12.3. The number of carbonyl (C=O) groups is 2. The van der Waals surface area contributed by atoms with E-state index in [4.69, 9.17) is 0 Å². The molecule has 0 unspecified atom stereocenters. The topological polar surface area (TPSA) is 87.6 Å². The highest BCUT2D eigenvalue weighted by atomic mass is 16.5. The molecule has 0 rings (SSSR count). The summed E-state index contributed by atoms with van der Waals surface area (Å²) in [6.45, 7) is 0. The van der Waals surface area contributed by atoms with Crippen molar-refractivity contribution in [2.24, 2.45) is 0 Å². The van der Waals surface area contributed by atoms with E-state index in [1.54, 1.807) is 0 Å². The van der Waals surface area contributed by atoms with E-state index in [-0.39, 0.29) is 6.15 Å². The van der Waals surface area contributed by atoms with Gasteiger partial charge in [-0.05, 0) is 0 Å². The predicted octanol–water partition coefficient (Wildman–Crippen LogP) is 0.0506. The van der Waals surface area contributed by atoms with Crippen LogP contribution in [0.25, 0.3) is 0 Å². The van der Waals surface area contributed by atoms with Crippen LogP contribution in [-0.2, 0) is 19.1 Å². The Kier molecular flexibility index (Phi) is 7.57. The monoisotopic (exact) mass is 161 g/mol. The second-order valence-electron chi connectivity index (χ2n) is 1.38. The first-order chi connectivity index (χ1) is 4.70.